The molecule has 0 heterocycles. The lowest BCUT2D eigenvalue weighted by atomic mass is 10.1. The first-order valence-corrected chi connectivity index (χ1v) is 6.65. The minimum atomic E-state index is -4.44. The van der Waals surface area contributed by atoms with Gasteiger partial charge in [-0.15, -0.1) is 0 Å². The van der Waals surface area contributed by atoms with Gasteiger partial charge in [-0.25, -0.2) is 0 Å². The van der Waals surface area contributed by atoms with E-state index >= 15 is 0 Å². The van der Waals surface area contributed by atoms with Crippen molar-refractivity contribution >= 4 is 52.2 Å². The second kappa shape index (κ2) is 7.18. The van der Waals surface area contributed by atoms with Crippen molar-refractivity contribution in [3.05, 3.63) is 31.7 Å². The third-order valence-corrected chi connectivity index (χ3v) is 3.69. The van der Waals surface area contributed by atoms with Gasteiger partial charge in [0.15, 0.2) is 5.78 Å². The van der Waals surface area contributed by atoms with Crippen LogP contribution in [0.5, 0.6) is 0 Å². The molecule has 0 fully saturated rings. The Labute approximate surface area is 132 Å². The molecule has 0 radical (unpaired) electrons. The second-order valence-corrected chi connectivity index (χ2v) is 5.25. The highest BCUT2D eigenvalue weighted by Gasteiger charge is 2.27. The zero-order valence-corrected chi connectivity index (χ0v) is 12.7. The molecule has 1 rings (SSSR count). The van der Waals surface area contributed by atoms with Crippen molar-refractivity contribution in [3.63, 3.8) is 0 Å². The Morgan fingerprint density at radius 3 is 2.25 bits per heavy atom. The molecular formula is C11H7Cl4F3O2. The Kier molecular flexibility index (Phi) is 6.41. The number of halogens is 7. The van der Waals surface area contributed by atoms with E-state index in [-0.39, 0.29) is 32.1 Å². The predicted octanol–water partition coefficient (Wildman–Crippen LogP) is 5.45. The van der Waals surface area contributed by atoms with E-state index in [0.29, 0.717) is 0 Å². The molecule has 0 atom stereocenters. The van der Waals surface area contributed by atoms with E-state index in [1.54, 1.807) is 0 Å². The average Bonchev–Trinajstić information content (AvgIpc) is 2.31. The fourth-order valence-corrected chi connectivity index (χ4v) is 2.42. The van der Waals surface area contributed by atoms with Crippen molar-refractivity contribution in [2.24, 2.45) is 0 Å². The molecule has 0 saturated heterocycles. The molecule has 0 aliphatic carbocycles. The number of ketones is 1. The van der Waals surface area contributed by atoms with Crippen LogP contribution < -0.4 is 0 Å². The summed E-state index contributed by atoms with van der Waals surface area (Å²) in [6, 6.07) is 1.24. The van der Waals surface area contributed by atoms with Crippen LogP contribution in [-0.2, 0) is 4.74 Å². The number of carbonyl (C=O) groups excluding carboxylic acids is 1. The number of benzene rings is 1. The first-order valence-electron chi connectivity index (χ1n) is 5.14. The van der Waals surface area contributed by atoms with Gasteiger partial charge in [-0.2, -0.15) is 13.2 Å². The molecule has 0 unspecified atom stereocenters. The van der Waals surface area contributed by atoms with Gasteiger partial charge < -0.3 is 4.74 Å². The lowest BCUT2D eigenvalue weighted by molar-refractivity contribution is -0.173. The topological polar surface area (TPSA) is 26.3 Å². The minimum Gasteiger partial charge on any atom is -0.372 e. The fraction of sp³-hybridized carbons (Fsp3) is 0.364. The molecule has 112 valence electrons. The van der Waals surface area contributed by atoms with Gasteiger partial charge in [-0.05, 0) is 6.07 Å². The van der Waals surface area contributed by atoms with Crippen molar-refractivity contribution in [3.8, 4) is 0 Å². The molecule has 9 heteroatoms. The summed E-state index contributed by atoms with van der Waals surface area (Å²) in [4.78, 5) is 11.8. The molecule has 0 amide bonds. The van der Waals surface area contributed by atoms with Crippen LogP contribution in [0, 0.1) is 0 Å². The molecule has 1 aromatic rings. The van der Waals surface area contributed by atoms with Crippen LogP contribution in [0.25, 0.3) is 0 Å². The third kappa shape index (κ3) is 4.97. The Hall–Kier alpha value is -0.200. The van der Waals surface area contributed by atoms with E-state index in [9.17, 15) is 18.0 Å². The summed E-state index contributed by atoms with van der Waals surface area (Å²) in [5.41, 5.74) is -0.0849. The van der Waals surface area contributed by atoms with E-state index < -0.39 is 25.2 Å². The standard InChI is InChI=1S/C11H7Cl4F3O2/c12-5-3-6(13)9(14)10(15)8(5)7(19)1-2-20-4-11(16,17)18/h3H,1-2,4H2. The monoisotopic (exact) mass is 368 g/mol. The van der Waals surface area contributed by atoms with Gasteiger partial charge in [0.2, 0.25) is 0 Å². The highest BCUT2D eigenvalue weighted by molar-refractivity contribution is 6.51. The van der Waals surface area contributed by atoms with Gasteiger partial charge in [0, 0.05) is 6.42 Å². The van der Waals surface area contributed by atoms with Gasteiger partial charge in [0.05, 0.1) is 32.3 Å². The van der Waals surface area contributed by atoms with Gasteiger partial charge in [0.1, 0.15) is 6.61 Å². The quantitative estimate of drug-likeness (QED) is 0.298. The van der Waals surface area contributed by atoms with E-state index in [0.717, 1.165) is 0 Å². The van der Waals surface area contributed by atoms with E-state index in [2.05, 4.69) is 4.74 Å². The van der Waals surface area contributed by atoms with Crippen LogP contribution in [0.15, 0.2) is 6.07 Å². The minimum absolute atomic E-state index is 0.0229. The molecule has 2 nitrogen and oxygen atoms in total. The largest absolute Gasteiger partial charge is 0.411 e. The van der Waals surface area contributed by atoms with E-state index in [4.69, 9.17) is 46.4 Å². The number of hydrogen-bond acceptors (Lipinski definition) is 2. The molecule has 20 heavy (non-hydrogen) atoms. The first-order chi connectivity index (χ1) is 9.13. The Morgan fingerprint density at radius 2 is 1.70 bits per heavy atom. The van der Waals surface area contributed by atoms with E-state index in [1.165, 1.54) is 6.07 Å². The van der Waals surface area contributed by atoms with Gasteiger partial charge in [-0.1, -0.05) is 46.4 Å². The van der Waals surface area contributed by atoms with Crippen LogP contribution in [0.4, 0.5) is 13.2 Å². The Balaban J connectivity index is 2.72. The molecule has 0 spiro atoms. The van der Waals surface area contributed by atoms with Crippen molar-refractivity contribution in [2.75, 3.05) is 13.2 Å². The third-order valence-electron chi connectivity index (χ3n) is 2.13. The lowest BCUT2D eigenvalue weighted by Crippen LogP contribution is -2.18. The predicted molar refractivity (Wildman–Crippen MR) is 72.3 cm³/mol. The zero-order valence-electron chi connectivity index (χ0n) is 9.66. The van der Waals surface area contributed by atoms with Gasteiger partial charge >= 0.3 is 6.18 Å². The average molecular weight is 370 g/mol. The van der Waals surface area contributed by atoms with Gasteiger partial charge in [-0.3, -0.25) is 4.79 Å². The number of ether oxygens (including phenoxy) is 1. The summed E-state index contributed by atoms with van der Waals surface area (Å²) >= 11 is 23.1. The molecular weight excluding hydrogens is 363 g/mol. The number of carbonyl (C=O) groups is 1. The normalized spacial score (nSPS) is 11.8. The number of alkyl halides is 3. The maximum Gasteiger partial charge on any atom is 0.411 e. The summed E-state index contributed by atoms with van der Waals surface area (Å²) < 4.78 is 39.9. The lowest BCUT2D eigenvalue weighted by Gasteiger charge is -2.10. The summed E-state index contributed by atoms with van der Waals surface area (Å²) in [6.07, 6.45) is -4.75. The van der Waals surface area contributed by atoms with Crippen molar-refractivity contribution < 1.29 is 22.7 Å². The van der Waals surface area contributed by atoms with Crippen LogP contribution in [-0.4, -0.2) is 25.2 Å². The molecule has 0 bridgehead atoms. The van der Waals surface area contributed by atoms with Crippen LogP contribution in [0.3, 0.4) is 0 Å². The SMILES string of the molecule is O=C(CCOCC(F)(F)F)c1c(Cl)cc(Cl)c(Cl)c1Cl. The fourth-order valence-electron chi connectivity index (χ4n) is 1.30. The van der Waals surface area contributed by atoms with Crippen LogP contribution in [0.1, 0.15) is 16.8 Å². The summed E-state index contributed by atoms with van der Waals surface area (Å²) in [6.45, 7) is -1.84. The summed E-state index contributed by atoms with van der Waals surface area (Å²) in [5, 5.41) is -0.126. The Morgan fingerprint density at radius 1 is 1.10 bits per heavy atom. The number of hydrogen-bond donors (Lipinski definition) is 0. The Bertz CT molecular complexity index is 517. The molecule has 0 aliphatic heterocycles. The molecule has 1 aromatic carbocycles. The second-order valence-electron chi connectivity index (χ2n) is 3.68. The highest BCUT2D eigenvalue weighted by Crippen LogP contribution is 2.37. The molecule has 0 aliphatic rings. The van der Waals surface area contributed by atoms with Crippen LogP contribution >= 0.6 is 46.4 Å². The highest BCUT2D eigenvalue weighted by atomic mass is 35.5. The van der Waals surface area contributed by atoms with Gasteiger partial charge in [0.25, 0.3) is 0 Å². The van der Waals surface area contributed by atoms with E-state index in [1.807, 2.05) is 0 Å². The molecule has 0 N–H and O–H groups in total. The van der Waals surface area contributed by atoms with Crippen LogP contribution in [0.2, 0.25) is 20.1 Å². The first kappa shape index (κ1) is 17.9. The smallest absolute Gasteiger partial charge is 0.372 e. The van der Waals surface area contributed by atoms with Crippen molar-refractivity contribution in [1.82, 2.24) is 0 Å². The number of Topliss-reactive ketones (excluding diaryl/α,β-unsaturated/α-hetero) is 1. The summed E-state index contributed by atoms with van der Waals surface area (Å²) in [7, 11) is 0. The molecule has 0 saturated carbocycles. The zero-order chi connectivity index (χ0) is 15.5. The number of rotatable bonds is 5. The van der Waals surface area contributed by atoms with Crippen molar-refractivity contribution in [2.45, 2.75) is 12.6 Å². The maximum atomic E-state index is 11.8. The molecule has 0 aromatic heterocycles. The summed E-state index contributed by atoms with van der Waals surface area (Å²) in [5.74, 6) is -0.583. The van der Waals surface area contributed by atoms with Crippen molar-refractivity contribution in [1.29, 1.82) is 0 Å². The maximum absolute atomic E-state index is 11.8.